The van der Waals surface area contributed by atoms with Gasteiger partial charge in [-0.15, -0.1) is 0 Å². The number of pyridine rings is 1. The molecule has 1 aliphatic rings. The minimum atomic E-state index is -0.537. The summed E-state index contributed by atoms with van der Waals surface area (Å²) < 4.78 is 20.6. The first-order valence-electron chi connectivity index (χ1n) is 11.0. The lowest BCUT2D eigenvalue weighted by Gasteiger charge is -2.28. The molecule has 9 heteroatoms. The first-order chi connectivity index (χ1) is 16.6. The van der Waals surface area contributed by atoms with E-state index in [0.29, 0.717) is 54.5 Å². The van der Waals surface area contributed by atoms with E-state index in [1.807, 2.05) is 31.2 Å². The summed E-state index contributed by atoms with van der Waals surface area (Å²) >= 11 is 0. The summed E-state index contributed by atoms with van der Waals surface area (Å²) in [6.45, 7) is 4.45. The number of para-hydroxylation sites is 1. The van der Waals surface area contributed by atoms with E-state index in [1.165, 1.54) is 6.07 Å². The lowest BCUT2D eigenvalue weighted by Crippen LogP contribution is -2.37. The minimum absolute atomic E-state index is 0.243. The molecule has 1 aliphatic heterocycles. The highest BCUT2D eigenvalue weighted by Crippen LogP contribution is 2.29. The second-order valence-electron chi connectivity index (χ2n) is 7.99. The number of urea groups is 1. The maximum Gasteiger partial charge on any atom is 0.323 e. The number of carbonyl (C=O) groups excluding carboxylic acids is 1. The molecule has 0 spiro atoms. The third-order valence-corrected chi connectivity index (χ3v) is 5.46. The first-order valence-corrected chi connectivity index (χ1v) is 11.0. The molecule has 2 aromatic heterocycles. The highest BCUT2D eigenvalue weighted by Gasteiger charge is 2.20. The van der Waals surface area contributed by atoms with Gasteiger partial charge in [0.05, 0.1) is 24.3 Å². The number of halogens is 1. The number of carbonyl (C=O) groups is 1. The Bertz CT molecular complexity index is 1340. The van der Waals surface area contributed by atoms with Crippen molar-refractivity contribution in [3.63, 3.8) is 0 Å². The molecule has 34 heavy (non-hydrogen) atoms. The first kappa shape index (κ1) is 21.7. The highest BCUT2D eigenvalue weighted by atomic mass is 19.1. The molecule has 0 unspecified atom stereocenters. The Kier molecular flexibility index (Phi) is 6.01. The lowest BCUT2D eigenvalue weighted by molar-refractivity contribution is 0.122. The molecule has 0 radical (unpaired) electrons. The van der Waals surface area contributed by atoms with Crippen molar-refractivity contribution in [3.8, 4) is 11.4 Å². The normalized spacial score (nSPS) is 13.6. The largest absolute Gasteiger partial charge is 0.378 e. The third-order valence-electron chi connectivity index (χ3n) is 5.46. The topological polar surface area (TPSA) is 92.3 Å². The van der Waals surface area contributed by atoms with Crippen LogP contribution in [0.2, 0.25) is 0 Å². The van der Waals surface area contributed by atoms with Gasteiger partial charge < -0.3 is 20.3 Å². The van der Waals surface area contributed by atoms with Crippen LogP contribution in [-0.2, 0) is 4.74 Å². The molecular weight excluding hydrogens is 435 g/mol. The summed E-state index contributed by atoms with van der Waals surface area (Å²) in [4.78, 5) is 28.2. The van der Waals surface area contributed by atoms with E-state index in [4.69, 9.17) is 4.74 Å². The number of anilines is 3. The van der Waals surface area contributed by atoms with Crippen LogP contribution in [0.5, 0.6) is 0 Å². The van der Waals surface area contributed by atoms with Crippen LogP contribution >= 0.6 is 0 Å². The number of amides is 2. The molecule has 4 aromatic rings. The molecule has 0 aliphatic carbocycles. The number of nitrogens with zero attached hydrogens (tertiary/aromatic N) is 4. The number of fused-ring (bicyclic) bond motifs is 1. The summed E-state index contributed by atoms with van der Waals surface area (Å²) in [7, 11) is 0. The van der Waals surface area contributed by atoms with Gasteiger partial charge >= 0.3 is 6.03 Å². The van der Waals surface area contributed by atoms with Gasteiger partial charge in [0.25, 0.3) is 0 Å². The molecule has 0 saturated carbocycles. The maximum absolute atomic E-state index is 15.2. The van der Waals surface area contributed by atoms with Crippen molar-refractivity contribution in [2.24, 2.45) is 0 Å². The molecule has 2 amide bonds. The number of rotatable bonds is 4. The molecular formula is C25H23FN6O2. The lowest BCUT2D eigenvalue weighted by atomic mass is 10.1. The fourth-order valence-electron chi connectivity index (χ4n) is 3.81. The van der Waals surface area contributed by atoms with E-state index in [-0.39, 0.29) is 11.4 Å². The Morgan fingerprint density at radius 1 is 1.00 bits per heavy atom. The van der Waals surface area contributed by atoms with Gasteiger partial charge in [-0.25, -0.2) is 19.2 Å². The van der Waals surface area contributed by atoms with Crippen molar-refractivity contribution in [1.29, 1.82) is 0 Å². The van der Waals surface area contributed by atoms with Crippen molar-refractivity contribution in [1.82, 2.24) is 15.0 Å². The molecule has 2 N–H and O–H groups in total. The SMILES string of the molecule is Cc1cnc2c(N3CCOCC3)nc(-c3ccc(NC(=O)Nc4ccccc4)cc3F)nc2c1. The Morgan fingerprint density at radius 3 is 2.53 bits per heavy atom. The number of benzene rings is 2. The number of nitrogens with one attached hydrogen (secondary N) is 2. The summed E-state index contributed by atoms with van der Waals surface area (Å²) in [6.07, 6.45) is 1.77. The summed E-state index contributed by atoms with van der Waals surface area (Å²) in [5.41, 5.74) is 3.48. The standard InChI is InChI=1S/C25H23FN6O2/c1-16-13-21-22(27-15-16)24(32-9-11-34-12-10-32)31-23(30-21)19-8-7-18(14-20(19)26)29-25(33)28-17-5-3-2-4-6-17/h2-8,13-15H,9-12H2,1H3,(H2,28,29,33). The van der Waals surface area contributed by atoms with Crippen LogP contribution in [0, 0.1) is 12.7 Å². The van der Waals surface area contributed by atoms with Crippen LogP contribution in [-0.4, -0.2) is 47.3 Å². The van der Waals surface area contributed by atoms with Gasteiger partial charge in [0.15, 0.2) is 11.6 Å². The molecule has 3 heterocycles. The van der Waals surface area contributed by atoms with Crippen molar-refractivity contribution in [2.75, 3.05) is 41.8 Å². The summed E-state index contributed by atoms with van der Waals surface area (Å²) in [6, 6.07) is 14.9. The van der Waals surface area contributed by atoms with Crippen LogP contribution < -0.4 is 15.5 Å². The zero-order valence-corrected chi connectivity index (χ0v) is 18.6. The quantitative estimate of drug-likeness (QED) is 0.464. The maximum atomic E-state index is 15.2. The number of hydrogen-bond acceptors (Lipinski definition) is 6. The predicted octanol–water partition coefficient (Wildman–Crippen LogP) is 4.62. The van der Waals surface area contributed by atoms with Crippen LogP contribution in [0.15, 0.2) is 60.8 Å². The van der Waals surface area contributed by atoms with E-state index >= 15 is 4.39 Å². The number of ether oxygens (including phenoxy) is 1. The van der Waals surface area contributed by atoms with E-state index in [0.717, 1.165) is 5.56 Å². The average molecular weight is 458 g/mol. The van der Waals surface area contributed by atoms with Gasteiger partial charge in [-0.2, -0.15) is 0 Å². The van der Waals surface area contributed by atoms with Crippen molar-refractivity contribution < 1.29 is 13.9 Å². The number of morpholine rings is 1. The minimum Gasteiger partial charge on any atom is -0.378 e. The van der Waals surface area contributed by atoms with Gasteiger partial charge in [0.1, 0.15) is 11.3 Å². The number of aryl methyl sites for hydroxylation is 1. The van der Waals surface area contributed by atoms with E-state index in [9.17, 15) is 4.79 Å². The summed E-state index contributed by atoms with van der Waals surface area (Å²) in [5.74, 6) is 0.386. The van der Waals surface area contributed by atoms with Gasteiger partial charge in [0, 0.05) is 30.7 Å². The van der Waals surface area contributed by atoms with Crippen molar-refractivity contribution in [3.05, 3.63) is 72.2 Å². The Balaban J connectivity index is 1.45. The Hall–Kier alpha value is -4.11. The van der Waals surface area contributed by atoms with Crippen LogP contribution in [0.1, 0.15) is 5.56 Å². The number of hydrogen-bond donors (Lipinski definition) is 2. The molecule has 0 atom stereocenters. The van der Waals surface area contributed by atoms with Crippen LogP contribution in [0.4, 0.5) is 26.4 Å². The molecule has 8 nitrogen and oxygen atoms in total. The predicted molar refractivity (Wildman–Crippen MR) is 130 cm³/mol. The molecule has 0 bridgehead atoms. The average Bonchev–Trinajstić information content (AvgIpc) is 2.84. The van der Waals surface area contributed by atoms with Crippen LogP contribution in [0.3, 0.4) is 0 Å². The zero-order valence-electron chi connectivity index (χ0n) is 18.6. The molecule has 172 valence electrons. The molecule has 5 rings (SSSR count). The fourth-order valence-corrected chi connectivity index (χ4v) is 3.81. The van der Waals surface area contributed by atoms with Gasteiger partial charge in [-0.1, -0.05) is 18.2 Å². The second-order valence-corrected chi connectivity index (χ2v) is 7.99. The second kappa shape index (κ2) is 9.40. The monoisotopic (exact) mass is 458 g/mol. The Labute approximate surface area is 195 Å². The van der Waals surface area contributed by atoms with Gasteiger partial charge in [-0.05, 0) is 48.9 Å². The zero-order chi connectivity index (χ0) is 23.5. The highest BCUT2D eigenvalue weighted by molar-refractivity contribution is 5.99. The summed E-state index contributed by atoms with van der Waals surface area (Å²) in [5, 5.41) is 5.35. The number of aromatic nitrogens is 3. The molecule has 2 aromatic carbocycles. The van der Waals surface area contributed by atoms with E-state index < -0.39 is 11.8 Å². The smallest absolute Gasteiger partial charge is 0.323 e. The van der Waals surface area contributed by atoms with Gasteiger partial charge in [0.2, 0.25) is 0 Å². The van der Waals surface area contributed by atoms with Crippen LogP contribution in [0.25, 0.3) is 22.4 Å². The molecule has 1 fully saturated rings. The van der Waals surface area contributed by atoms with Crippen molar-refractivity contribution in [2.45, 2.75) is 6.92 Å². The Morgan fingerprint density at radius 2 is 1.76 bits per heavy atom. The third kappa shape index (κ3) is 4.65. The molecule has 1 saturated heterocycles. The van der Waals surface area contributed by atoms with E-state index in [1.54, 1.807) is 30.5 Å². The fraction of sp³-hybridized carbons (Fsp3) is 0.200. The van der Waals surface area contributed by atoms with Gasteiger partial charge in [-0.3, -0.25) is 4.98 Å². The van der Waals surface area contributed by atoms with E-state index in [2.05, 4.69) is 30.5 Å². The van der Waals surface area contributed by atoms with Crippen molar-refractivity contribution >= 4 is 34.3 Å².